The molecule has 146 valence electrons. The molecule has 28 heavy (non-hydrogen) atoms. The SMILES string of the molecule is COc1ccccc1NC(=O)C[C@@H]1C(=O)OCN1C(=O)OCc1ccccc1. The topological polar surface area (TPSA) is 94.2 Å². The average Bonchev–Trinajstić information content (AvgIpc) is 3.07. The molecule has 0 aliphatic carbocycles. The number of para-hydroxylation sites is 2. The van der Waals surface area contributed by atoms with E-state index in [0.29, 0.717) is 11.4 Å². The molecule has 1 aliphatic heterocycles. The molecule has 0 bridgehead atoms. The number of carbonyl (C=O) groups excluding carboxylic acids is 3. The summed E-state index contributed by atoms with van der Waals surface area (Å²) in [6.45, 7) is -0.191. The van der Waals surface area contributed by atoms with Crippen LogP contribution in [0.4, 0.5) is 10.5 Å². The molecule has 1 atom stereocenters. The molecular weight excluding hydrogens is 364 g/mol. The van der Waals surface area contributed by atoms with Crippen LogP contribution in [0.1, 0.15) is 12.0 Å². The Morgan fingerprint density at radius 3 is 2.61 bits per heavy atom. The molecule has 1 saturated heterocycles. The van der Waals surface area contributed by atoms with E-state index >= 15 is 0 Å². The van der Waals surface area contributed by atoms with Gasteiger partial charge in [-0.3, -0.25) is 9.69 Å². The normalized spacial score (nSPS) is 15.7. The number of benzene rings is 2. The van der Waals surface area contributed by atoms with Crippen LogP contribution >= 0.6 is 0 Å². The number of cyclic esters (lactones) is 1. The van der Waals surface area contributed by atoms with Gasteiger partial charge < -0.3 is 19.5 Å². The van der Waals surface area contributed by atoms with Gasteiger partial charge in [0.25, 0.3) is 0 Å². The van der Waals surface area contributed by atoms with Gasteiger partial charge in [-0.05, 0) is 17.7 Å². The van der Waals surface area contributed by atoms with E-state index in [1.165, 1.54) is 7.11 Å². The molecule has 3 rings (SSSR count). The molecule has 0 unspecified atom stereocenters. The number of rotatable bonds is 6. The molecule has 8 nitrogen and oxygen atoms in total. The summed E-state index contributed by atoms with van der Waals surface area (Å²) < 4.78 is 15.3. The average molecular weight is 384 g/mol. The maximum absolute atomic E-state index is 12.4. The number of hydrogen-bond donors (Lipinski definition) is 1. The Bertz CT molecular complexity index is 855. The number of anilines is 1. The smallest absolute Gasteiger partial charge is 0.413 e. The monoisotopic (exact) mass is 384 g/mol. The number of hydrogen-bond acceptors (Lipinski definition) is 6. The predicted molar refractivity (Wildman–Crippen MR) is 99.5 cm³/mol. The summed E-state index contributed by atoms with van der Waals surface area (Å²) in [5.74, 6) is -0.606. The van der Waals surface area contributed by atoms with Crippen LogP contribution in [-0.2, 0) is 25.7 Å². The maximum atomic E-state index is 12.4. The molecule has 1 aliphatic rings. The van der Waals surface area contributed by atoms with Gasteiger partial charge in [0.2, 0.25) is 5.91 Å². The minimum absolute atomic E-state index is 0.0600. The summed E-state index contributed by atoms with van der Waals surface area (Å²) in [6, 6.07) is 15.0. The van der Waals surface area contributed by atoms with Gasteiger partial charge >= 0.3 is 12.1 Å². The molecule has 1 heterocycles. The lowest BCUT2D eigenvalue weighted by Crippen LogP contribution is -2.40. The first-order valence-electron chi connectivity index (χ1n) is 8.65. The quantitative estimate of drug-likeness (QED) is 0.770. The highest BCUT2D eigenvalue weighted by atomic mass is 16.6. The van der Waals surface area contributed by atoms with Crippen LogP contribution in [-0.4, -0.2) is 42.8 Å². The van der Waals surface area contributed by atoms with Crippen molar-refractivity contribution in [2.75, 3.05) is 19.2 Å². The van der Waals surface area contributed by atoms with Crippen LogP contribution in [0.15, 0.2) is 54.6 Å². The number of carbonyl (C=O) groups is 3. The summed E-state index contributed by atoms with van der Waals surface area (Å²) >= 11 is 0. The maximum Gasteiger partial charge on any atom is 0.413 e. The molecular formula is C20H20N2O6. The Hall–Kier alpha value is -3.55. The third-order valence-corrected chi connectivity index (χ3v) is 4.19. The molecule has 2 aromatic carbocycles. The van der Waals surface area contributed by atoms with Gasteiger partial charge in [-0.25, -0.2) is 9.59 Å². The van der Waals surface area contributed by atoms with Gasteiger partial charge in [-0.15, -0.1) is 0 Å². The molecule has 8 heteroatoms. The van der Waals surface area contributed by atoms with Crippen molar-refractivity contribution in [1.29, 1.82) is 0 Å². The lowest BCUT2D eigenvalue weighted by atomic mass is 10.2. The third-order valence-electron chi connectivity index (χ3n) is 4.19. The standard InChI is InChI=1S/C20H20N2O6/c1-26-17-10-6-5-9-15(17)21-18(23)11-16-19(24)28-13-22(16)20(25)27-12-14-7-3-2-4-8-14/h2-10,16H,11-13H2,1H3,(H,21,23)/t16-/m1/s1. The zero-order chi connectivity index (χ0) is 19.9. The van der Waals surface area contributed by atoms with E-state index < -0.39 is 24.0 Å². The van der Waals surface area contributed by atoms with Crippen LogP contribution in [0.25, 0.3) is 0 Å². The van der Waals surface area contributed by atoms with E-state index in [0.717, 1.165) is 10.5 Å². The van der Waals surface area contributed by atoms with Crippen LogP contribution in [0.5, 0.6) is 5.75 Å². The van der Waals surface area contributed by atoms with Crippen molar-refractivity contribution in [1.82, 2.24) is 4.90 Å². The van der Waals surface area contributed by atoms with Crippen molar-refractivity contribution in [2.45, 2.75) is 19.1 Å². The zero-order valence-corrected chi connectivity index (χ0v) is 15.3. The van der Waals surface area contributed by atoms with E-state index in [1.54, 1.807) is 24.3 Å². The molecule has 2 amide bonds. The Morgan fingerprint density at radius 2 is 1.86 bits per heavy atom. The summed E-state index contributed by atoms with van der Waals surface area (Å²) in [5.41, 5.74) is 1.28. The minimum Gasteiger partial charge on any atom is -0.495 e. The number of methoxy groups -OCH3 is 1. The largest absolute Gasteiger partial charge is 0.495 e. The van der Waals surface area contributed by atoms with E-state index in [1.807, 2.05) is 30.3 Å². The van der Waals surface area contributed by atoms with Crippen LogP contribution < -0.4 is 10.1 Å². The Kier molecular flexibility index (Phi) is 6.11. The fourth-order valence-electron chi connectivity index (χ4n) is 2.75. The van der Waals surface area contributed by atoms with Gasteiger partial charge in [0, 0.05) is 0 Å². The minimum atomic E-state index is -1.04. The lowest BCUT2D eigenvalue weighted by Gasteiger charge is -2.19. The van der Waals surface area contributed by atoms with Crippen LogP contribution in [0, 0.1) is 0 Å². The predicted octanol–water partition coefficient (Wildman–Crippen LogP) is 2.55. The van der Waals surface area contributed by atoms with E-state index in [2.05, 4.69) is 5.32 Å². The van der Waals surface area contributed by atoms with Gasteiger partial charge in [-0.1, -0.05) is 42.5 Å². The van der Waals surface area contributed by atoms with Gasteiger partial charge in [-0.2, -0.15) is 0 Å². The number of amides is 2. The van der Waals surface area contributed by atoms with Crippen molar-refractivity contribution >= 4 is 23.7 Å². The molecule has 0 saturated carbocycles. The van der Waals surface area contributed by atoms with E-state index in [-0.39, 0.29) is 19.8 Å². The fourth-order valence-corrected chi connectivity index (χ4v) is 2.75. The summed E-state index contributed by atoms with van der Waals surface area (Å²) in [7, 11) is 1.49. The zero-order valence-electron chi connectivity index (χ0n) is 15.3. The number of nitrogens with zero attached hydrogens (tertiary/aromatic N) is 1. The first-order chi connectivity index (χ1) is 13.6. The molecule has 0 aromatic heterocycles. The van der Waals surface area contributed by atoms with Crippen molar-refractivity contribution in [3.05, 3.63) is 60.2 Å². The molecule has 1 fully saturated rings. The number of ether oxygens (including phenoxy) is 3. The number of nitrogens with one attached hydrogen (secondary N) is 1. The van der Waals surface area contributed by atoms with Crippen molar-refractivity contribution in [2.24, 2.45) is 0 Å². The fraction of sp³-hybridized carbons (Fsp3) is 0.250. The van der Waals surface area contributed by atoms with Crippen molar-refractivity contribution in [3.8, 4) is 5.75 Å². The Morgan fingerprint density at radius 1 is 1.14 bits per heavy atom. The molecule has 2 aromatic rings. The third kappa shape index (κ3) is 4.59. The highest BCUT2D eigenvalue weighted by Crippen LogP contribution is 2.24. The van der Waals surface area contributed by atoms with Crippen LogP contribution in [0.3, 0.4) is 0 Å². The van der Waals surface area contributed by atoms with E-state index in [4.69, 9.17) is 14.2 Å². The van der Waals surface area contributed by atoms with E-state index in [9.17, 15) is 14.4 Å². The second-order valence-electron chi connectivity index (χ2n) is 6.07. The van der Waals surface area contributed by atoms with Gasteiger partial charge in [0.15, 0.2) is 6.73 Å². The second kappa shape index (κ2) is 8.90. The molecule has 0 spiro atoms. The second-order valence-corrected chi connectivity index (χ2v) is 6.07. The highest BCUT2D eigenvalue weighted by Gasteiger charge is 2.40. The van der Waals surface area contributed by atoms with Gasteiger partial charge in [0.05, 0.1) is 19.2 Å². The lowest BCUT2D eigenvalue weighted by molar-refractivity contribution is -0.140. The highest BCUT2D eigenvalue weighted by molar-refractivity contribution is 5.96. The van der Waals surface area contributed by atoms with Crippen LogP contribution in [0.2, 0.25) is 0 Å². The Balaban J connectivity index is 1.60. The summed E-state index contributed by atoms with van der Waals surface area (Å²) in [4.78, 5) is 37.8. The van der Waals surface area contributed by atoms with Gasteiger partial charge in [0.1, 0.15) is 18.4 Å². The number of esters is 1. The van der Waals surface area contributed by atoms with Crippen molar-refractivity contribution in [3.63, 3.8) is 0 Å². The summed E-state index contributed by atoms with van der Waals surface area (Å²) in [6.07, 6.45) is -0.970. The first-order valence-corrected chi connectivity index (χ1v) is 8.65. The molecule has 0 radical (unpaired) electrons. The van der Waals surface area contributed by atoms with Crippen molar-refractivity contribution < 1.29 is 28.6 Å². The Labute approximate surface area is 162 Å². The first kappa shape index (κ1) is 19.2. The summed E-state index contributed by atoms with van der Waals surface area (Å²) in [5, 5.41) is 2.68. The molecule has 1 N–H and O–H groups in total.